The van der Waals surface area contributed by atoms with Crippen LogP contribution in [0.3, 0.4) is 0 Å². The predicted octanol–water partition coefficient (Wildman–Crippen LogP) is 5.93. The van der Waals surface area contributed by atoms with E-state index in [4.69, 9.17) is 14.2 Å². The van der Waals surface area contributed by atoms with Gasteiger partial charge in [0.2, 0.25) is 0 Å². The molecule has 0 fully saturated rings. The van der Waals surface area contributed by atoms with Crippen molar-refractivity contribution in [2.45, 2.75) is 38.0 Å². The zero-order chi connectivity index (χ0) is 33.7. The third-order valence-corrected chi connectivity index (χ3v) is 8.55. The molecule has 1 aliphatic carbocycles. The molecule has 0 radical (unpaired) electrons. The average Bonchev–Trinajstić information content (AvgIpc) is 3.45. The molecule has 1 aliphatic rings. The van der Waals surface area contributed by atoms with Crippen LogP contribution < -0.4 is 0 Å². The molecule has 5 rings (SSSR count). The van der Waals surface area contributed by atoms with Crippen LogP contribution in [0.25, 0.3) is 11.1 Å². The molecule has 4 aromatic rings. The van der Waals surface area contributed by atoms with E-state index in [-0.39, 0.29) is 32.0 Å². The first-order valence-corrected chi connectivity index (χ1v) is 16.4. The van der Waals surface area contributed by atoms with Gasteiger partial charge in [0.1, 0.15) is 25.2 Å². The van der Waals surface area contributed by atoms with Gasteiger partial charge in [-0.05, 0) is 53.1 Å². The molecule has 48 heavy (non-hydrogen) atoms. The van der Waals surface area contributed by atoms with E-state index >= 15 is 0 Å². The quantitative estimate of drug-likeness (QED) is 0.0745. The third kappa shape index (κ3) is 8.42. The van der Waals surface area contributed by atoms with Crippen molar-refractivity contribution in [3.8, 4) is 11.1 Å². The van der Waals surface area contributed by atoms with E-state index < -0.39 is 18.4 Å². The van der Waals surface area contributed by atoms with Crippen LogP contribution >= 0.6 is 0 Å². The number of aldehydes is 2. The van der Waals surface area contributed by atoms with Crippen LogP contribution in [-0.4, -0.2) is 86.1 Å². The first-order chi connectivity index (χ1) is 23.6. The third-order valence-electron chi connectivity index (χ3n) is 8.55. The fourth-order valence-electron chi connectivity index (χ4n) is 6.30. The van der Waals surface area contributed by atoms with Gasteiger partial charge in [0, 0.05) is 26.2 Å². The Bertz CT molecular complexity index is 1570. The Morgan fingerprint density at radius 3 is 1.96 bits per heavy atom. The zero-order valence-corrected chi connectivity index (χ0v) is 27.5. The fourth-order valence-corrected chi connectivity index (χ4v) is 6.30. The van der Waals surface area contributed by atoms with E-state index in [1.807, 2.05) is 96.9 Å². The van der Waals surface area contributed by atoms with Gasteiger partial charge >= 0.3 is 6.09 Å². The summed E-state index contributed by atoms with van der Waals surface area (Å²) < 4.78 is 17.6. The van der Waals surface area contributed by atoms with Crippen LogP contribution in [0.4, 0.5) is 4.79 Å². The van der Waals surface area contributed by atoms with E-state index in [1.165, 1.54) is 5.01 Å². The molecule has 4 aromatic carbocycles. The molecular weight excluding hydrogens is 606 g/mol. The lowest BCUT2D eigenvalue weighted by Gasteiger charge is -2.44. The first-order valence-electron chi connectivity index (χ1n) is 16.4. The lowest BCUT2D eigenvalue weighted by Crippen LogP contribution is -2.63. The van der Waals surface area contributed by atoms with Crippen LogP contribution in [-0.2, 0) is 36.6 Å². The lowest BCUT2D eigenvalue weighted by atomic mass is 9.98. The molecule has 0 heterocycles. The highest BCUT2D eigenvalue weighted by Gasteiger charge is 2.37. The summed E-state index contributed by atoms with van der Waals surface area (Å²) in [5, 5.41) is 4.65. The number of carbonyl (C=O) groups is 3. The fraction of sp³-hybridized carbons (Fsp3) is 0.308. The number of amides is 1. The van der Waals surface area contributed by atoms with Gasteiger partial charge in [-0.1, -0.05) is 109 Å². The second-order valence-electron chi connectivity index (χ2n) is 11.5. The van der Waals surface area contributed by atoms with Crippen molar-refractivity contribution >= 4 is 18.7 Å². The number of ether oxygens (including phenoxy) is 3. The van der Waals surface area contributed by atoms with Crippen molar-refractivity contribution in [3.05, 3.63) is 131 Å². The highest BCUT2D eigenvalue weighted by atomic mass is 16.7. The van der Waals surface area contributed by atoms with E-state index in [0.717, 1.165) is 39.7 Å². The number of benzene rings is 4. The summed E-state index contributed by atoms with van der Waals surface area (Å²) in [6.45, 7) is 2.58. The number of methoxy groups -OCH3 is 1. The summed E-state index contributed by atoms with van der Waals surface area (Å²) in [6.07, 6.45) is 0.919. The highest BCUT2D eigenvalue weighted by molar-refractivity contribution is 5.79. The number of nitrogens with zero attached hydrogens (tertiary/aromatic N) is 3. The molecule has 0 bridgehead atoms. The normalized spacial score (nSPS) is 13.5. The molecule has 2 atom stereocenters. The van der Waals surface area contributed by atoms with E-state index in [9.17, 15) is 14.4 Å². The second-order valence-corrected chi connectivity index (χ2v) is 11.5. The van der Waals surface area contributed by atoms with E-state index in [2.05, 4.69) is 24.3 Å². The number of carbonyl (C=O) groups excluding carboxylic acids is 3. The van der Waals surface area contributed by atoms with Gasteiger partial charge in [0.05, 0.1) is 13.1 Å². The van der Waals surface area contributed by atoms with Crippen molar-refractivity contribution in [1.29, 1.82) is 0 Å². The number of hydrazine groups is 2. The molecule has 1 unspecified atom stereocenters. The Kier molecular flexibility index (Phi) is 12.6. The van der Waals surface area contributed by atoms with Crippen molar-refractivity contribution in [3.63, 3.8) is 0 Å². The molecule has 1 amide bonds. The van der Waals surface area contributed by atoms with Crippen LogP contribution in [0.15, 0.2) is 109 Å². The maximum atomic E-state index is 14.2. The number of fused-ring (bicyclic) bond motifs is 3. The summed E-state index contributed by atoms with van der Waals surface area (Å²) in [4.78, 5) is 39.4. The number of rotatable bonds is 18. The Morgan fingerprint density at radius 2 is 1.40 bits per heavy atom. The van der Waals surface area contributed by atoms with E-state index in [0.29, 0.717) is 25.9 Å². The van der Waals surface area contributed by atoms with E-state index in [1.54, 1.807) is 12.2 Å². The standard InChI is InChI=1S/C39H43N3O6/c1-3-47-38(46-2)27-40(23-22-30-14-6-4-7-15-30)42(32(28-44)26-31-16-8-5-9-17-31)41(24-25-43)39(45)48-29-37-35-20-12-10-18-33(35)34-19-11-13-21-36(34)37/h4-21,25,28,32,37-38H,3,22-24,26-27,29H2,1-2H3/t32-,38?/m0/s1. The van der Waals surface area contributed by atoms with Crippen molar-refractivity contribution < 1.29 is 28.6 Å². The summed E-state index contributed by atoms with van der Waals surface area (Å²) >= 11 is 0. The minimum Gasteiger partial charge on any atom is -0.447 e. The number of hydrogen-bond acceptors (Lipinski definition) is 8. The Morgan fingerprint density at radius 1 is 0.812 bits per heavy atom. The lowest BCUT2D eigenvalue weighted by molar-refractivity contribution is -0.225. The maximum absolute atomic E-state index is 14.2. The van der Waals surface area contributed by atoms with Gasteiger partial charge in [-0.2, -0.15) is 0 Å². The minimum atomic E-state index is -0.859. The smallest absolute Gasteiger partial charge is 0.426 e. The van der Waals surface area contributed by atoms with Gasteiger partial charge in [-0.25, -0.2) is 14.8 Å². The van der Waals surface area contributed by atoms with Crippen molar-refractivity contribution in [1.82, 2.24) is 15.1 Å². The van der Waals surface area contributed by atoms with Gasteiger partial charge in [0.25, 0.3) is 0 Å². The van der Waals surface area contributed by atoms with Crippen LogP contribution in [0, 0.1) is 0 Å². The van der Waals surface area contributed by atoms with Crippen molar-refractivity contribution in [2.24, 2.45) is 0 Å². The van der Waals surface area contributed by atoms with Gasteiger partial charge in [-0.15, -0.1) is 5.12 Å². The SMILES string of the molecule is CCOC(CN(CCc1ccccc1)N([C@H](C=O)Cc1ccccc1)N(CC=O)C(=O)OCC1c2ccccc2-c2ccccc21)OC. The molecule has 9 heteroatoms. The van der Waals surface area contributed by atoms with Crippen molar-refractivity contribution in [2.75, 3.05) is 40.0 Å². The topological polar surface area (TPSA) is 88.6 Å². The summed E-state index contributed by atoms with van der Waals surface area (Å²) in [7, 11) is 1.55. The van der Waals surface area contributed by atoms with Gasteiger partial charge < -0.3 is 23.8 Å². The molecular formula is C39H43N3O6. The molecule has 0 saturated heterocycles. The van der Waals surface area contributed by atoms with Gasteiger partial charge in [-0.3, -0.25) is 0 Å². The molecule has 0 N–H and O–H groups in total. The molecule has 0 aromatic heterocycles. The molecule has 9 nitrogen and oxygen atoms in total. The summed E-state index contributed by atoms with van der Waals surface area (Å²) in [6, 6.07) is 34.9. The number of hydrogen-bond donors (Lipinski definition) is 0. The molecule has 0 spiro atoms. The molecule has 0 saturated carbocycles. The zero-order valence-electron chi connectivity index (χ0n) is 27.5. The average molecular weight is 650 g/mol. The second kappa shape index (κ2) is 17.5. The maximum Gasteiger partial charge on any atom is 0.426 e. The summed E-state index contributed by atoms with van der Waals surface area (Å²) in [5.74, 6) is -0.177. The predicted molar refractivity (Wildman–Crippen MR) is 184 cm³/mol. The molecule has 250 valence electrons. The van der Waals surface area contributed by atoms with Crippen LogP contribution in [0.1, 0.15) is 35.1 Å². The Hall–Kier alpha value is -4.67. The minimum absolute atomic E-state index is 0.0597. The van der Waals surface area contributed by atoms with Crippen LogP contribution in [0.2, 0.25) is 0 Å². The van der Waals surface area contributed by atoms with Crippen LogP contribution in [0.5, 0.6) is 0 Å². The Balaban J connectivity index is 1.48. The monoisotopic (exact) mass is 649 g/mol. The first kappa shape index (κ1) is 34.7. The van der Waals surface area contributed by atoms with Gasteiger partial charge in [0.15, 0.2) is 6.29 Å². The Labute approximate surface area is 282 Å². The molecule has 0 aliphatic heterocycles. The highest BCUT2D eigenvalue weighted by Crippen LogP contribution is 2.44. The summed E-state index contributed by atoms with van der Waals surface area (Å²) in [5.41, 5.74) is 6.33. The largest absolute Gasteiger partial charge is 0.447 e.